The monoisotopic (exact) mass is 354 g/mol. The number of carbonyl (C=O) groups excluding carboxylic acids is 1. The molecule has 0 aromatic heterocycles. The van der Waals surface area contributed by atoms with Crippen LogP contribution in [-0.4, -0.2) is 24.6 Å². The number of hydrogen-bond donors (Lipinski definition) is 1. The van der Waals surface area contributed by atoms with Crippen LogP contribution in [0.4, 0.5) is 0 Å². The number of nitrogens with zero attached hydrogens (tertiary/aromatic N) is 1. The first-order chi connectivity index (χ1) is 11.1. The van der Waals surface area contributed by atoms with E-state index in [9.17, 15) is 4.79 Å². The van der Waals surface area contributed by atoms with E-state index < -0.39 is 5.54 Å². The third kappa shape index (κ3) is 4.76. The van der Waals surface area contributed by atoms with Gasteiger partial charge in [0.1, 0.15) is 11.4 Å². The van der Waals surface area contributed by atoms with E-state index in [0.29, 0.717) is 30.3 Å². The molecule has 3 atom stereocenters. The predicted octanol–water partition coefficient (Wildman–Crippen LogP) is 3.66. The average molecular weight is 355 g/mol. The zero-order chi connectivity index (χ0) is 16.7. The molecule has 0 amide bonds. The van der Waals surface area contributed by atoms with Crippen LogP contribution in [0.25, 0.3) is 0 Å². The van der Waals surface area contributed by atoms with Crippen molar-refractivity contribution in [2.45, 2.75) is 49.9 Å². The number of unbranched alkanes of at least 4 members (excludes halogenated alkanes) is 1. The van der Waals surface area contributed by atoms with Crippen LogP contribution in [0.5, 0.6) is 0 Å². The maximum absolute atomic E-state index is 12.0. The van der Waals surface area contributed by atoms with Gasteiger partial charge < -0.3 is 15.3 Å². The molecule has 1 aromatic rings. The third-order valence-electron chi connectivity index (χ3n) is 4.04. The average Bonchev–Trinajstić information content (AvgIpc) is 2.52. The highest BCUT2D eigenvalue weighted by atomic mass is 35.5. The number of aliphatic imine (C=N–C) groups is 1. The number of ether oxygens (including phenoxy) is 1. The molecule has 4 nitrogen and oxygen atoms in total. The van der Waals surface area contributed by atoms with Gasteiger partial charge in [0.2, 0.25) is 0 Å². The summed E-state index contributed by atoms with van der Waals surface area (Å²) in [5.74, 6) is 0.646. The SMILES string of the molecule is NCCCC/C1=N/C(C=O)(c2ccccc2Cl)CCCC(P)O1. The molecule has 1 aromatic carbocycles. The van der Waals surface area contributed by atoms with Crippen LogP contribution in [-0.2, 0) is 15.1 Å². The van der Waals surface area contributed by atoms with Gasteiger partial charge in [-0.15, -0.1) is 0 Å². The van der Waals surface area contributed by atoms with Crippen molar-refractivity contribution in [2.24, 2.45) is 10.7 Å². The zero-order valence-electron chi connectivity index (χ0n) is 13.2. The van der Waals surface area contributed by atoms with Crippen molar-refractivity contribution >= 4 is 33.0 Å². The Morgan fingerprint density at radius 1 is 1.43 bits per heavy atom. The van der Waals surface area contributed by atoms with Gasteiger partial charge >= 0.3 is 0 Å². The van der Waals surface area contributed by atoms with Crippen molar-refractivity contribution in [1.29, 1.82) is 0 Å². The molecule has 0 bridgehead atoms. The van der Waals surface area contributed by atoms with Crippen molar-refractivity contribution in [3.8, 4) is 0 Å². The Kier molecular flexibility index (Phi) is 7.01. The van der Waals surface area contributed by atoms with Gasteiger partial charge in [0.25, 0.3) is 0 Å². The fraction of sp³-hybridized carbons (Fsp3) is 0.529. The Balaban J connectivity index is 2.39. The van der Waals surface area contributed by atoms with Gasteiger partial charge in [-0.05, 0) is 44.7 Å². The number of nitrogens with two attached hydrogens (primary N) is 1. The molecule has 0 aliphatic carbocycles. The maximum Gasteiger partial charge on any atom is 0.185 e. The molecule has 0 saturated carbocycles. The molecule has 3 unspecified atom stereocenters. The quantitative estimate of drug-likeness (QED) is 0.481. The molecule has 0 fully saturated rings. The predicted molar refractivity (Wildman–Crippen MR) is 98.0 cm³/mol. The number of halogens is 1. The van der Waals surface area contributed by atoms with E-state index in [1.807, 2.05) is 18.2 Å². The largest absolute Gasteiger partial charge is 0.474 e. The van der Waals surface area contributed by atoms with Gasteiger partial charge in [0.05, 0.1) is 0 Å². The summed E-state index contributed by atoms with van der Waals surface area (Å²) in [7, 11) is 2.70. The van der Waals surface area contributed by atoms with Crippen molar-refractivity contribution in [2.75, 3.05) is 6.54 Å². The molecule has 0 spiro atoms. The van der Waals surface area contributed by atoms with Crippen molar-refractivity contribution < 1.29 is 9.53 Å². The molecule has 2 rings (SSSR count). The Hall–Kier alpha value is -0.960. The Labute approximate surface area is 145 Å². The highest BCUT2D eigenvalue weighted by molar-refractivity contribution is 7.17. The molecule has 1 aliphatic rings. The van der Waals surface area contributed by atoms with Gasteiger partial charge in [-0.2, -0.15) is 0 Å². The van der Waals surface area contributed by atoms with E-state index in [0.717, 1.165) is 37.5 Å². The lowest BCUT2D eigenvalue weighted by molar-refractivity contribution is -0.112. The summed E-state index contributed by atoms with van der Waals surface area (Å²) in [6.45, 7) is 0.640. The minimum Gasteiger partial charge on any atom is -0.474 e. The molecule has 1 heterocycles. The van der Waals surface area contributed by atoms with Gasteiger partial charge in [-0.25, -0.2) is 4.99 Å². The Morgan fingerprint density at radius 3 is 2.91 bits per heavy atom. The standard InChI is InChI=1S/C17H24ClN2O2P/c18-14-7-2-1-6-13(14)17(12-21)10-5-9-16(23)22-15(20-17)8-3-4-11-19/h1-2,6-7,12,16H,3-5,8-11,19,23H2/b20-15-. The first kappa shape index (κ1) is 18.4. The van der Waals surface area contributed by atoms with E-state index >= 15 is 0 Å². The maximum atomic E-state index is 12.0. The highest BCUT2D eigenvalue weighted by Gasteiger charge is 2.35. The van der Waals surface area contributed by atoms with E-state index in [1.165, 1.54) is 0 Å². The first-order valence-corrected chi connectivity index (χ1v) is 9.08. The lowest BCUT2D eigenvalue weighted by Crippen LogP contribution is -2.31. The smallest absolute Gasteiger partial charge is 0.185 e. The number of aldehydes is 1. The Morgan fingerprint density at radius 2 is 2.22 bits per heavy atom. The van der Waals surface area contributed by atoms with E-state index in [4.69, 9.17) is 27.1 Å². The van der Waals surface area contributed by atoms with Crippen LogP contribution in [0.2, 0.25) is 5.02 Å². The molecule has 126 valence electrons. The van der Waals surface area contributed by atoms with Gasteiger partial charge in [0.15, 0.2) is 12.2 Å². The molecule has 1 aliphatic heterocycles. The van der Waals surface area contributed by atoms with Crippen LogP contribution in [0, 0.1) is 0 Å². The number of rotatable bonds is 6. The second-order valence-electron chi connectivity index (χ2n) is 5.82. The summed E-state index contributed by atoms with van der Waals surface area (Å²) in [5.41, 5.74) is 5.35. The van der Waals surface area contributed by atoms with Crippen molar-refractivity contribution in [1.82, 2.24) is 0 Å². The van der Waals surface area contributed by atoms with Crippen LogP contribution in [0.3, 0.4) is 0 Å². The lowest BCUT2D eigenvalue weighted by atomic mass is 9.86. The number of benzene rings is 1. The minimum atomic E-state index is -0.957. The van der Waals surface area contributed by atoms with E-state index in [2.05, 4.69) is 9.24 Å². The first-order valence-electron chi connectivity index (χ1n) is 8.03. The highest BCUT2D eigenvalue weighted by Crippen LogP contribution is 2.37. The van der Waals surface area contributed by atoms with Crippen LogP contribution in [0.1, 0.15) is 44.1 Å². The second-order valence-corrected chi connectivity index (χ2v) is 6.97. The fourth-order valence-corrected chi connectivity index (χ4v) is 3.49. The molecule has 0 radical (unpaired) electrons. The number of hydrogen-bond acceptors (Lipinski definition) is 4. The Bertz CT molecular complexity index is 567. The molecule has 2 N–H and O–H groups in total. The van der Waals surface area contributed by atoms with E-state index in [-0.39, 0.29) is 5.85 Å². The van der Waals surface area contributed by atoms with Gasteiger partial charge in [-0.1, -0.05) is 39.0 Å². The summed E-state index contributed by atoms with van der Waals surface area (Å²) in [4.78, 5) is 16.7. The van der Waals surface area contributed by atoms with Gasteiger partial charge in [0, 0.05) is 17.0 Å². The van der Waals surface area contributed by atoms with E-state index in [1.54, 1.807) is 6.07 Å². The normalized spacial score (nSPS) is 27.3. The number of carbonyl (C=O) groups is 1. The summed E-state index contributed by atoms with van der Waals surface area (Å²) >= 11 is 6.33. The summed E-state index contributed by atoms with van der Waals surface area (Å²) in [6, 6.07) is 7.41. The second kappa shape index (κ2) is 8.77. The topological polar surface area (TPSA) is 64.7 Å². The zero-order valence-corrected chi connectivity index (χ0v) is 15.1. The lowest BCUT2D eigenvalue weighted by Gasteiger charge is -2.30. The molecule has 0 saturated heterocycles. The van der Waals surface area contributed by atoms with Crippen LogP contribution in [0.15, 0.2) is 29.3 Å². The van der Waals surface area contributed by atoms with Crippen LogP contribution >= 0.6 is 20.8 Å². The molecule has 23 heavy (non-hydrogen) atoms. The summed E-state index contributed by atoms with van der Waals surface area (Å²) in [6.07, 6.45) is 5.73. The van der Waals surface area contributed by atoms with Crippen molar-refractivity contribution in [3.63, 3.8) is 0 Å². The van der Waals surface area contributed by atoms with Crippen LogP contribution < -0.4 is 5.73 Å². The van der Waals surface area contributed by atoms with Gasteiger partial charge in [-0.3, -0.25) is 0 Å². The summed E-state index contributed by atoms with van der Waals surface area (Å²) < 4.78 is 5.93. The summed E-state index contributed by atoms with van der Waals surface area (Å²) in [5, 5.41) is 0.563. The minimum absolute atomic E-state index is 0.0301. The molecular weight excluding hydrogens is 331 g/mol. The molecular formula is C17H24ClN2O2P. The fourth-order valence-electron chi connectivity index (χ4n) is 2.80. The third-order valence-corrected chi connectivity index (χ3v) is 4.84. The molecule has 6 heteroatoms. The van der Waals surface area contributed by atoms with Crippen molar-refractivity contribution in [3.05, 3.63) is 34.9 Å².